The van der Waals surface area contributed by atoms with Crippen molar-refractivity contribution in [3.8, 4) is 0 Å². The second-order valence-electron chi connectivity index (χ2n) is 8.69. The highest BCUT2D eigenvalue weighted by Crippen LogP contribution is 2.32. The first-order valence-corrected chi connectivity index (χ1v) is 11.3. The van der Waals surface area contributed by atoms with Crippen LogP contribution >= 0.6 is 0 Å². The Hall–Kier alpha value is -2.69. The van der Waals surface area contributed by atoms with Gasteiger partial charge in [-0.3, -0.25) is 4.90 Å². The van der Waals surface area contributed by atoms with E-state index in [4.69, 9.17) is 10.5 Å². The number of halogens is 3. The van der Waals surface area contributed by atoms with Crippen LogP contribution < -0.4 is 11.5 Å². The van der Waals surface area contributed by atoms with E-state index >= 15 is 0 Å². The number of hydrogen-bond donors (Lipinski definition) is 3. The van der Waals surface area contributed by atoms with Gasteiger partial charge in [0.15, 0.2) is 0 Å². The van der Waals surface area contributed by atoms with Crippen LogP contribution in [0.2, 0.25) is 0 Å². The van der Waals surface area contributed by atoms with Crippen LogP contribution in [0.4, 0.5) is 19.0 Å². The predicted octanol–water partition coefficient (Wildman–Crippen LogP) is 3.64. The number of nitrogen functional groups attached to an aromatic ring is 1. The van der Waals surface area contributed by atoms with Crippen molar-refractivity contribution in [1.82, 2.24) is 19.9 Å². The molecule has 0 spiro atoms. The second kappa shape index (κ2) is 11.2. The molecule has 0 saturated carbocycles. The van der Waals surface area contributed by atoms with Crippen molar-refractivity contribution in [2.24, 2.45) is 17.6 Å². The molecule has 0 bridgehead atoms. The normalized spacial score (nSPS) is 20.8. The summed E-state index contributed by atoms with van der Waals surface area (Å²) < 4.78 is 42.3. The molecular formula is C24H33F3N6O. The molecular weight excluding hydrogens is 445 g/mol. The average Bonchev–Trinajstić information content (AvgIpc) is 3.52. The van der Waals surface area contributed by atoms with Crippen molar-refractivity contribution in [1.29, 1.82) is 0 Å². The summed E-state index contributed by atoms with van der Waals surface area (Å²) in [6.07, 6.45) is -2.14. The van der Waals surface area contributed by atoms with Gasteiger partial charge in [0.2, 0.25) is 0 Å². The lowest BCUT2D eigenvalue weighted by Crippen LogP contribution is -2.34. The first-order valence-electron chi connectivity index (χ1n) is 11.3. The molecule has 5 N–H and O–H groups in total. The number of ether oxygens (including phenoxy) is 1. The molecule has 0 aliphatic carbocycles. The molecule has 186 valence electrons. The van der Waals surface area contributed by atoms with E-state index in [0.717, 1.165) is 37.4 Å². The predicted molar refractivity (Wildman–Crippen MR) is 127 cm³/mol. The van der Waals surface area contributed by atoms with Gasteiger partial charge in [-0.05, 0) is 44.5 Å². The Kier molecular flexibility index (Phi) is 8.51. The molecule has 34 heavy (non-hydrogen) atoms. The fourth-order valence-electron chi connectivity index (χ4n) is 4.48. The fourth-order valence-corrected chi connectivity index (χ4v) is 4.48. The maximum Gasteiger partial charge on any atom is 0.431 e. The number of H-pyrrole nitrogens is 1. The number of benzene rings is 1. The summed E-state index contributed by atoms with van der Waals surface area (Å²) in [5.41, 5.74) is 12.0. The summed E-state index contributed by atoms with van der Waals surface area (Å²) in [5, 5.41) is 0.180. The first-order chi connectivity index (χ1) is 16.2. The molecule has 3 unspecified atom stereocenters. The molecule has 4 heterocycles. The number of hydrogen-bond acceptors (Lipinski definition) is 6. The Morgan fingerprint density at radius 2 is 1.79 bits per heavy atom. The van der Waals surface area contributed by atoms with Gasteiger partial charge in [-0.25, -0.2) is 9.97 Å². The Balaban J connectivity index is 0.000000183. The van der Waals surface area contributed by atoms with E-state index in [1.54, 1.807) is 0 Å². The summed E-state index contributed by atoms with van der Waals surface area (Å²) in [6.45, 7) is 9.02. The molecule has 2 aliphatic heterocycles. The topological polar surface area (TPSA) is 106 Å². The number of nitrogens with zero attached hydrogens (tertiary/aromatic N) is 3. The largest absolute Gasteiger partial charge is 0.431 e. The number of anilines is 1. The molecule has 5 rings (SSSR count). The van der Waals surface area contributed by atoms with E-state index in [0.29, 0.717) is 6.04 Å². The van der Waals surface area contributed by atoms with Gasteiger partial charge in [-0.15, -0.1) is 0 Å². The minimum absolute atomic E-state index is 0.0294. The number of alkyl halides is 3. The van der Waals surface area contributed by atoms with E-state index < -0.39 is 11.9 Å². The van der Waals surface area contributed by atoms with E-state index in [9.17, 15) is 13.2 Å². The van der Waals surface area contributed by atoms with E-state index in [1.165, 1.54) is 37.7 Å². The highest BCUT2D eigenvalue weighted by molar-refractivity contribution is 5.86. The van der Waals surface area contributed by atoms with Gasteiger partial charge in [0.05, 0.1) is 18.6 Å². The molecule has 1 aromatic carbocycles. The maximum atomic E-state index is 12.2. The van der Waals surface area contributed by atoms with Crippen LogP contribution in [0.25, 0.3) is 11.0 Å². The van der Waals surface area contributed by atoms with E-state index in [2.05, 4.69) is 63.7 Å². The zero-order chi connectivity index (χ0) is 24.9. The lowest BCUT2D eigenvalue weighted by Gasteiger charge is -2.25. The molecule has 3 aromatic rings. The number of aromatic amines is 1. The monoisotopic (exact) mass is 478 g/mol. The number of aromatic nitrogens is 3. The van der Waals surface area contributed by atoms with Crippen molar-refractivity contribution < 1.29 is 17.9 Å². The zero-order valence-corrected chi connectivity index (χ0v) is 19.8. The number of aryl methyl sites for hydroxylation is 1. The van der Waals surface area contributed by atoms with Gasteiger partial charge < -0.3 is 21.2 Å². The Morgan fingerprint density at radius 1 is 1.15 bits per heavy atom. The summed E-state index contributed by atoms with van der Waals surface area (Å²) in [7, 11) is 1.50. The number of rotatable bonds is 3. The number of likely N-dealkylation sites (tertiary alicyclic amines) is 1. The summed E-state index contributed by atoms with van der Waals surface area (Å²) in [6, 6.07) is 10.3. The highest BCUT2D eigenvalue weighted by Gasteiger charge is 2.38. The average molecular weight is 479 g/mol. The minimum atomic E-state index is -4.42. The zero-order valence-electron chi connectivity index (χ0n) is 19.8. The van der Waals surface area contributed by atoms with Crippen LogP contribution in [0.5, 0.6) is 0 Å². The van der Waals surface area contributed by atoms with Crippen molar-refractivity contribution in [3.63, 3.8) is 0 Å². The van der Waals surface area contributed by atoms with Crippen LogP contribution in [0.1, 0.15) is 23.7 Å². The third kappa shape index (κ3) is 6.05. The quantitative estimate of drug-likeness (QED) is 0.531. The van der Waals surface area contributed by atoms with Crippen LogP contribution in [-0.4, -0.2) is 59.2 Å². The lowest BCUT2D eigenvalue weighted by atomic mass is 10.0. The minimum Gasteiger partial charge on any atom is -0.383 e. The summed E-state index contributed by atoms with van der Waals surface area (Å²) >= 11 is 0. The fraction of sp³-hybridized carbons (Fsp3) is 0.500. The number of fused-ring (bicyclic) bond motifs is 2. The van der Waals surface area contributed by atoms with Crippen LogP contribution in [0, 0.1) is 18.8 Å². The maximum absolute atomic E-state index is 12.2. The van der Waals surface area contributed by atoms with E-state index in [1.807, 2.05) is 0 Å². The Labute approximate surface area is 197 Å². The van der Waals surface area contributed by atoms with Crippen LogP contribution in [-0.2, 0) is 17.3 Å². The summed E-state index contributed by atoms with van der Waals surface area (Å²) in [4.78, 5) is 12.0. The van der Waals surface area contributed by atoms with Gasteiger partial charge >= 0.3 is 6.18 Å². The molecule has 2 saturated heterocycles. The molecule has 2 fully saturated rings. The smallest absolute Gasteiger partial charge is 0.383 e. The van der Waals surface area contributed by atoms with Gasteiger partial charge in [-0.2, -0.15) is 13.2 Å². The first kappa shape index (κ1) is 25.9. The molecule has 0 radical (unpaired) electrons. The third-order valence-electron chi connectivity index (χ3n) is 6.43. The van der Waals surface area contributed by atoms with Crippen LogP contribution in [0.15, 0.2) is 36.7 Å². The number of nitrogens with one attached hydrogen (secondary N) is 1. The summed E-state index contributed by atoms with van der Waals surface area (Å²) in [5.74, 6) is 1.62. The molecule has 2 aliphatic rings. The third-order valence-corrected chi connectivity index (χ3v) is 6.43. The van der Waals surface area contributed by atoms with Gasteiger partial charge in [-0.1, -0.05) is 24.3 Å². The van der Waals surface area contributed by atoms with Gasteiger partial charge in [0.1, 0.15) is 23.5 Å². The Bertz CT molecular complexity index is 1060. The van der Waals surface area contributed by atoms with Crippen molar-refractivity contribution in [3.05, 3.63) is 53.5 Å². The molecule has 10 heteroatoms. The second-order valence-corrected chi connectivity index (χ2v) is 8.69. The lowest BCUT2D eigenvalue weighted by molar-refractivity contribution is -0.140. The SMILES string of the molecule is CN.Cc1ccccc1CC(C)N1CC2COCC2C1.Nc1ncnc2[nH]c(C(F)(F)F)cc12. The van der Waals surface area contributed by atoms with E-state index in [-0.39, 0.29) is 16.9 Å². The van der Waals surface area contributed by atoms with Crippen molar-refractivity contribution in [2.75, 3.05) is 39.1 Å². The molecule has 2 aromatic heterocycles. The molecule has 7 nitrogen and oxygen atoms in total. The van der Waals surface area contributed by atoms with Crippen molar-refractivity contribution >= 4 is 16.9 Å². The highest BCUT2D eigenvalue weighted by atomic mass is 19.4. The Morgan fingerprint density at radius 3 is 2.38 bits per heavy atom. The number of nitrogens with two attached hydrogens (primary N) is 2. The van der Waals surface area contributed by atoms with Crippen LogP contribution in [0.3, 0.4) is 0 Å². The molecule has 0 amide bonds. The molecule has 3 atom stereocenters. The van der Waals surface area contributed by atoms with Crippen molar-refractivity contribution in [2.45, 2.75) is 32.5 Å². The van der Waals surface area contributed by atoms with Gasteiger partial charge in [0, 0.05) is 31.0 Å². The standard InChI is InChI=1S/C16H23NO.C7H5F3N4.CH5N/c1-12-5-3-4-6-14(12)7-13(2)17-8-15-10-18-11-16(15)9-17;8-7(9,10)4-1-3-5(11)12-2-13-6(3)14-4;1-2/h3-6,13,15-16H,7-11H2,1-2H3;1-2H,(H3,11,12,13,14);2H2,1H3. The van der Waals surface area contributed by atoms with Gasteiger partial charge in [0.25, 0.3) is 0 Å².